The molecule has 1 aromatic rings. The molecule has 0 amide bonds. The van der Waals surface area contributed by atoms with Gasteiger partial charge in [0.15, 0.2) is 0 Å². The molecule has 0 radical (unpaired) electrons. The van der Waals surface area contributed by atoms with E-state index in [0.717, 1.165) is 18.3 Å². The van der Waals surface area contributed by atoms with Crippen LogP contribution >= 0.6 is 0 Å². The highest BCUT2D eigenvalue weighted by atomic mass is 16.5. The van der Waals surface area contributed by atoms with Crippen LogP contribution in [0.15, 0.2) is 30.3 Å². The van der Waals surface area contributed by atoms with Crippen molar-refractivity contribution in [2.24, 2.45) is 17.8 Å². The Labute approximate surface area is 202 Å². The Bertz CT molecular complexity index is 673. The third-order valence-corrected chi connectivity index (χ3v) is 8.81. The third kappa shape index (κ3) is 7.31. The molecule has 0 aliphatic heterocycles. The molecule has 0 N–H and O–H groups in total. The zero-order chi connectivity index (χ0) is 22.9. The number of nitrogens with zero attached hydrogens (tertiary/aromatic N) is 1. The smallest absolute Gasteiger partial charge is 0.306 e. The molecule has 0 aromatic heterocycles. The molecule has 0 spiro atoms. The van der Waals surface area contributed by atoms with Crippen LogP contribution in [0.3, 0.4) is 0 Å². The molecule has 33 heavy (non-hydrogen) atoms. The minimum atomic E-state index is -0.00553. The van der Waals surface area contributed by atoms with Gasteiger partial charge in [0.2, 0.25) is 0 Å². The molecule has 3 aliphatic carbocycles. The highest BCUT2D eigenvalue weighted by Crippen LogP contribution is 2.42. The van der Waals surface area contributed by atoms with Gasteiger partial charge in [-0.15, -0.1) is 0 Å². The van der Waals surface area contributed by atoms with Crippen LogP contribution in [0.5, 0.6) is 0 Å². The number of benzene rings is 1. The van der Waals surface area contributed by atoms with Crippen molar-refractivity contribution in [1.29, 1.82) is 0 Å². The molecule has 3 nitrogen and oxygen atoms in total. The Hall–Kier alpha value is -1.35. The predicted molar refractivity (Wildman–Crippen MR) is 136 cm³/mol. The summed E-state index contributed by atoms with van der Waals surface area (Å²) in [6.07, 6.45) is 18.4. The second-order valence-corrected chi connectivity index (χ2v) is 11.2. The van der Waals surface area contributed by atoms with Gasteiger partial charge in [0.25, 0.3) is 0 Å². The molecule has 3 fully saturated rings. The first-order valence-corrected chi connectivity index (χ1v) is 14.2. The highest BCUT2D eigenvalue weighted by Gasteiger charge is 2.37. The summed E-state index contributed by atoms with van der Waals surface area (Å²) < 4.78 is 5.31. The van der Waals surface area contributed by atoms with E-state index >= 15 is 0 Å². The molecule has 3 heteroatoms. The monoisotopic (exact) mass is 453 g/mol. The highest BCUT2D eigenvalue weighted by molar-refractivity contribution is 5.69. The van der Waals surface area contributed by atoms with Gasteiger partial charge < -0.3 is 4.74 Å². The molecule has 0 unspecified atom stereocenters. The lowest BCUT2D eigenvalue weighted by Gasteiger charge is -2.46. The van der Waals surface area contributed by atoms with Gasteiger partial charge in [-0.25, -0.2) is 0 Å². The Morgan fingerprint density at radius 1 is 0.818 bits per heavy atom. The van der Waals surface area contributed by atoms with Crippen molar-refractivity contribution < 1.29 is 9.53 Å². The number of rotatable bonds is 9. The van der Waals surface area contributed by atoms with Gasteiger partial charge in [0.05, 0.1) is 6.61 Å². The number of ether oxygens (including phenoxy) is 1. The largest absolute Gasteiger partial charge is 0.466 e. The predicted octanol–water partition coefficient (Wildman–Crippen LogP) is 7.35. The quantitative estimate of drug-likeness (QED) is 0.366. The second-order valence-electron chi connectivity index (χ2n) is 11.2. The maximum Gasteiger partial charge on any atom is 0.306 e. The van der Waals surface area contributed by atoms with E-state index < -0.39 is 0 Å². The van der Waals surface area contributed by atoms with Gasteiger partial charge in [-0.1, -0.05) is 68.9 Å². The molecule has 1 aromatic carbocycles. The fraction of sp³-hybridized carbons (Fsp3) is 0.767. The molecule has 0 saturated heterocycles. The lowest BCUT2D eigenvalue weighted by atomic mass is 9.72. The average molecular weight is 454 g/mol. The Morgan fingerprint density at radius 3 is 2.00 bits per heavy atom. The van der Waals surface area contributed by atoms with E-state index in [0.29, 0.717) is 30.9 Å². The zero-order valence-corrected chi connectivity index (χ0v) is 21.1. The number of hydrogen-bond donors (Lipinski definition) is 0. The van der Waals surface area contributed by atoms with Gasteiger partial charge in [0, 0.05) is 25.6 Å². The van der Waals surface area contributed by atoms with E-state index in [1.807, 2.05) is 6.92 Å². The summed E-state index contributed by atoms with van der Waals surface area (Å²) in [7, 11) is 0. The average Bonchev–Trinajstić information content (AvgIpc) is 2.86. The lowest BCUT2D eigenvalue weighted by Crippen LogP contribution is -2.47. The maximum atomic E-state index is 12.3. The topological polar surface area (TPSA) is 29.5 Å². The van der Waals surface area contributed by atoms with Crippen molar-refractivity contribution in [3.05, 3.63) is 35.9 Å². The van der Waals surface area contributed by atoms with Gasteiger partial charge in [-0.05, 0) is 81.1 Å². The van der Waals surface area contributed by atoms with Crippen molar-refractivity contribution in [2.75, 3.05) is 19.7 Å². The zero-order valence-electron chi connectivity index (χ0n) is 21.1. The Balaban J connectivity index is 1.52. The summed E-state index contributed by atoms with van der Waals surface area (Å²) in [4.78, 5) is 15.2. The summed E-state index contributed by atoms with van der Waals surface area (Å²) in [5.41, 5.74) is 1.48. The minimum absolute atomic E-state index is 0.00553. The Kier molecular flexibility index (Phi) is 9.70. The van der Waals surface area contributed by atoms with E-state index in [-0.39, 0.29) is 5.97 Å². The van der Waals surface area contributed by atoms with Crippen molar-refractivity contribution >= 4 is 5.97 Å². The molecule has 3 saturated carbocycles. The first-order chi connectivity index (χ1) is 16.2. The first-order valence-electron chi connectivity index (χ1n) is 14.2. The van der Waals surface area contributed by atoms with Gasteiger partial charge in [-0.2, -0.15) is 0 Å². The van der Waals surface area contributed by atoms with Gasteiger partial charge in [0.1, 0.15) is 0 Å². The van der Waals surface area contributed by atoms with Crippen molar-refractivity contribution in [3.8, 4) is 0 Å². The number of carbonyl (C=O) groups is 1. The first kappa shape index (κ1) is 24.8. The third-order valence-electron chi connectivity index (χ3n) is 8.81. The second kappa shape index (κ2) is 12.9. The van der Waals surface area contributed by atoms with E-state index in [4.69, 9.17) is 4.74 Å². The van der Waals surface area contributed by atoms with E-state index in [9.17, 15) is 4.79 Å². The van der Waals surface area contributed by atoms with Crippen LogP contribution < -0.4 is 0 Å². The maximum absolute atomic E-state index is 12.3. The van der Waals surface area contributed by atoms with Gasteiger partial charge in [-0.3, -0.25) is 9.69 Å². The normalized spacial score (nSPS) is 27.5. The van der Waals surface area contributed by atoms with Gasteiger partial charge >= 0.3 is 5.97 Å². The SMILES string of the molecule is CCOC(=O)C[C@@H]1CC[C@@H](N(CC2CCCCC2)CC2CCCCC2)[C@H](c2ccccc2)C1. The molecular formula is C30H47NO2. The van der Waals surface area contributed by atoms with Crippen LogP contribution in [-0.2, 0) is 9.53 Å². The van der Waals surface area contributed by atoms with E-state index in [1.165, 1.54) is 95.7 Å². The van der Waals surface area contributed by atoms with Crippen molar-refractivity contribution in [2.45, 2.75) is 109 Å². The number of carbonyl (C=O) groups excluding carboxylic acids is 1. The fourth-order valence-corrected chi connectivity index (χ4v) is 7.13. The standard InChI is InChI=1S/C30H47NO2/c1-2-33-30(32)21-26-18-19-29(28(20-26)27-16-10-5-11-17-27)31(22-24-12-6-3-7-13-24)23-25-14-8-4-9-15-25/h5,10-11,16-17,24-26,28-29H,2-4,6-9,12-15,18-23H2,1H3/t26-,28+,29-/m1/s1. The number of esters is 1. The molecule has 3 atom stereocenters. The van der Waals surface area contributed by atoms with Crippen LogP contribution in [0, 0.1) is 17.8 Å². The van der Waals surface area contributed by atoms with Crippen molar-refractivity contribution in [1.82, 2.24) is 4.90 Å². The van der Waals surface area contributed by atoms with Crippen LogP contribution in [-0.4, -0.2) is 36.6 Å². The fourth-order valence-electron chi connectivity index (χ4n) is 7.13. The summed E-state index contributed by atoms with van der Waals surface area (Å²) >= 11 is 0. The molecular weight excluding hydrogens is 406 g/mol. The van der Waals surface area contributed by atoms with Crippen LogP contribution in [0.4, 0.5) is 0 Å². The molecule has 3 aliphatic rings. The van der Waals surface area contributed by atoms with Crippen molar-refractivity contribution in [3.63, 3.8) is 0 Å². The molecule has 0 heterocycles. The van der Waals surface area contributed by atoms with Crippen LogP contribution in [0.25, 0.3) is 0 Å². The Morgan fingerprint density at radius 2 is 1.42 bits per heavy atom. The summed E-state index contributed by atoms with van der Waals surface area (Å²) in [6.45, 7) is 5.00. The van der Waals surface area contributed by atoms with E-state index in [1.54, 1.807) is 0 Å². The molecule has 0 bridgehead atoms. The number of hydrogen-bond acceptors (Lipinski definition) is 3. The van der Waals surface area contributed by atoms with Crippen LogP contribution in [0.2, 0.25) is 0 Å². The van der Waals surface area contributed by atoms with E-state index in [2.05, 4.69) is 35.2 Å². The summed E-state index contributed by atoms with van der Waals surface area (Å²) in [6, 6.07) is 11.8. The summed E-state index contributed by atoms with van der Waals surface area (Å²) in [5.74, 6) is 2.75. The lowest BCUT2D eigenvalue weighted by molar-refractivity contribution is -0.144. The summed E-state index contributed by atoms with van der Waals surface area (Å²) in [5, 5.41) is 0. The van der Waals surface area contributed by atoms with Crippen LogP contribution in [0.1, 0.15) is 108 Å². The molecule has 4 rings (SSSR count). The minimum Gasteiger partial charge on any atom is -0.466 e. The molecule has 184 valence electrons.